The summed E-state index contributed by atoms with van der Waals surface area (Å²) in [6.07, 6.45) is 1.83. The molecule has 4 heteroatoms. The quantitative estimate of drug-likeness (QED) is 0.613. The van der Waals surface area contributed by atoms with Gasteiger partial charge in [-0.15, -0.1) is 11.8 Å². The summed E-state index contributed by atoms with van der Waals surface area (Å²) < 4.78 is 10.4. The molecule has 0 aromatic heterocycles. The molecule has 0 aliphatic carbocycles. The molecule has 3 nitrogen and oxygen atoms in total. The van der Waals surface area contributed by atoms with Gasteiger partial charge in [0.25, 0.3) is 0 Å². The van der Waals surface area contributed by atoms with Crippen molar-refractivity contribution in [2.24, 2.45) is 0 Å². The van der Waals surface area contributed by atoms with E-state index in [0.717, 1.165) is 5.69 Å². The molecule has 0 radical (unpaired) electrons. The van der Waals surface area contributed by atoms with E-state index in [1.807, 2.05) is 19.1 Å². The van der Waals surface area contributed by atoms with Crippen LogP contribution in [0.1, 0.15) is 6.92 Å². The molecule has 90 valence electrons. The first-order chi connectivity index (χ1) is 7.71. The average Bonchev–Trinajstić information content (AvgIpc) is 2.31. The van der Waals surface area contributed by atoms with Gasteiger partial charge in [-0.1, -0.05) is 6.07 Å². The van der Waals surface area contributed by atoms with Gasteiger partial charge in [0, 0.05) is 24.8 Å². The highest BCUT2D eigenvalue weighted by molar-refractivity contribution is 7.98. The van der Waals surface area contributed by atoms with Crippen LogP contribution >= 0.6 is 11.8 Å². The van der Waals surface area contributed by atoms with Crippen LogP contribution in [0.15, 0.2) is 29.2 Å². The number of ether oxygens (including phenoxy) is 2. The molecule has 1 rings (SSSR count). The predicted octanol–water partition coefficient (Wildman–Crippen LogP) is 2.83. The molecular weight excluding hydrogens is 222 g/mol. The standard InChI is InChI=1S/C12H19NO2S/c1-9(12(14-2)15-3)13-10-6-5-7-11(8-10)16-4/h5-9,12-13H,1-4H3/t9-/m1/s1. The Morgan fingerprint density at radius 2 is 1.94 bits per heavy atom. The third-order valence-electron chi connectivity index (χ3n) is 2.34. The molecule has 0 bridgehead atoms. The second kappa shape index (κ2) is 6.78. The molecule has 1 aromatic carbocycles. The average molecular weight is 241 g/mol. The van der Waals surface area contributed by atoms with Gasteiger partial charge >= 0.3 is 0 Å². The number of thioether (sulfide) groups is 1. The van der Waals surface area contributed by atoms with E-state index in [0.29, 0.717) is 0 Å². The normalized spacial score (nSPS) is 12.8. The highest BCUT2D eigenvalue weighted by atomic mass is 32.2. The van der Waals surface area contributed by atoms with Crippen LogP contribution in [0.5, 0.6) is 0 Å². The predicted molar refractivity (Wildman–Crippen MR) is 69.1 cm³/mol. The lowest BCUT2D eigenvalue weighted by Gasteiger charge is -2.23. The van der Waals surface area contributed by atoms with E-state index >= 15 is 0 Å². The summed E-state index contributed by atoms with van der Waals surface area (Å²) >= 11 is 1.73. The van der Waals surface area contributed by atoms with E-state index in [1.54, 1.807) is 26.0 Å². The smallest absolute Gasteiger partial charge is 0.176 e. The van der Waals surface area contributed by atoms with Crippen molar-refractivity contribution >= 4 is 17.4 Å². The highest BCUT2D eigenvalue weighted by Crippen LogP contribution is 2.20. The third kappa shape index (κ3) is 3.70. The second-order valence-corrected chi connectivity index (χ2v) is 4.38. The fourth-order valence-electron chi connectivity index (χ4n) is 1.55. The van der Waals surface area contributed by atoms with Crippen LogP contribution in [0.2, 0.25) is 0 Å². The first-order valence-corrected chi connectivity index (χ1v) is 6.40. The third-order valence-corrected chi connectivity index (χ3v) is 3.06. The van der Waals surface area contributed by atoms with Gasteiger partial charge in [0.1, 0.15) is 0 Å². The molecule has 0 unspecified atom stereocenters. The lowest BCUT2D eigenvalue weighted by molar-refractivity contribution is -0.109. The summed E-state index contributed by atoms with van der Waals surface area (Å²) in [5.74, 6) is 0. The van der Waals surface area contributed by atoms with Crippen molar-refractivity contribution in [3.05, 3.63) is 24.3 Å². The van der Waals surface area contributed by atoms with Crippen LogP contribution in [-0.4, -0.2) is 32.8 Å². The molecule has 0 aliphatic heterocycles. The van der Waals surface area contributed by atoms with E-state index in [1.165, 1.54) is 4.90 Å². The number of anilines is 1. The second-order valence-electron chi connectivity index (χ2n) is 3.50. The topological polar surface area (TPSA) is 30.5 Å². The number of hydrogen-bond acceptors (Lipinski definition) is 4. The van der Waals surface area contributed by atoms with Crippen LogP contribution in [0.25, 0.3) is 0 Å². The molecule has 0 heterocycles. The van der Waals surface area contributed by atoms with Gasteiger partial charge in [-0.3, -0.25) is 0 Å². The number of methoxy groups -OCH3 is 2. The van der Waals surface area contributed by atoms with Crippen LogP contribution in [-0.2, 0) is 9.47 Å². The van der Waals surface area contributed by atoms with E-state index in [4.69, 9.17) is 9.47 Å². The number of rotatable bonds is 6. The first-order valence-electron chi connectivity index (χ1n) is 5.17. The molecule has 0 spiro atoms. The molecule has 0 amide bonds. The summed E-state index contributed by atoms with van der Waals surface area (Å²) in [5.41, 5.74) is 1.08. The van der Waals surface area contributed by atoms with Crippen molar-refractivity contribution in [2.45, 2.75) is 24.2 Å². The summed E-state index contributed by atoms with van der Waals surface area (Å²) in [6.45, 7) is 2.03. The van der Waals surface area contributed by atoms with Gasteiger partial charge in [-0.05, 0) is 31.4 Å². The number of hydrogen-bond donors (Lipinski definition) is 1. The minimum absolute atomic E-state index is 0.104. The Morgan fingerprint density at radius 1 is 1.25 bits per heavy atom. The van der Waals surface area contributed by atoms with E-state index in [-0.39, 0.29) is 12.3 Å². The minimum Gasteiger partial charge on any atom is -0.377 e. The maximum atomic E-state index is 5.20. The zero-order valence-corrected chi connectivity index (χ0v) is 11.0. The SMILES string of the molecule is COC(OC)[C@@H](C)Nc1cccc(SC)c1. The monoisotopic (exact) mass is 241 g/mol. The number of benzene rings is 1. The van der Waals surface area contributed by atoms with E-state index in [9.17, 15) is 0 Å². The molecule has 0 saturated carbocycles. The molecule has 16 heavy (non-hydrogen) atoms. The lowest BCUT2D eigenvalue weighted by Crippen LogP contribution is -2.33. The Morgan fingerprint density at radius 3 is 2.50 bits per heavy atom. The van der Waals surface area contributed by atoms with Gasteiger partial charge in [0.05, 0.1) is 6.04 Å². The van der Waals surface area contributed by atoms with Gasteiger partial charge in [-0.2, -0.15) is 0 Å². The van der Waals surface area contributed by atoms with Gasteiger partial charge in [-0.25, -0.2) is 0 Å². The van der Waals surface area contributed by atoms with Crippen LogP contribution in [0.3, 0.4) is 0 Å². The largest absolute Gasteiger partial charge is 0.377 e. The molecular formula is C12H19NO2S. The summed E-state index contributed by atoms with van der Waals surface area (Å²) in [4.78, 5) is 1.24. The van der Waals surface area contributed by atoms with Crippen molar-refractivity contribution in [1.82, 2.24) is 0 Å². The Bertz CT molecular complexity index is 316. The molecule has 1 N–H and O–H groups in total. The summed E-state index contributed by atoms with van der Waals surface area (Å²) in [5, 5.41) is 3.36. The Balaban J connectivity index is 2.64. The molecule has 0 aliphatic rings. The maximum absolute atomic E-state index is 5.20. The first kappa shape index (κ1) is 13.4. The van der Waals surface area contributed by atoms with Crippen molar-refractivity contribution in [3.8, 4) is 0 Å². The van der Waals surface area contributed by atoms with Crippen molar-refractivity contribution < 1.29 is 9.47 Å². The zero-order chi connectivity index (χ0) is 12.0. The molecule has 1 atom stereocenters. The van der Waals surface area contributed by atoms with Crippen LogP contribution in [0, 0.1) is 0 Å². The maximum Gasteiger partial charge on any atom is 0.176 e. The highest BCUT2D eigenvalue weighted by Gasteiger charge is 2.15. The van der Waals surface area contributed by atoms with Crippen LogP contribution in [0.4, 0.5) is 5.69 Å². The Hall–Kier alpha value is -0.710. The van der Waals surface area contributed by atoms with Crippen LogP contribution < -0.4 is 5.32 Å². The Kier molecular flexibility index (Phi) is 5.66. The van der Waals surface area contributed by atoms with Gasteiger partial charge in [0.15, 0.2) is 6.29 Å². The Labute approximate surface area is 102 Å². The van der Waals surface area contributed by atoms with E-state index < -0.39 is 0 Å². The van der Waals surface area contributed by atoms with Crippen molar-refractivity contribution in [2.75, 3.05) is 25.8 Å². The van der Waals surface area contributed by atoms with Crippen molar-refractivity contribution in [3.63, 3.8) is 0 Å². The molecule has 0 saturated heterocycles. The summed E-state index contributed by atoms with van der Waals surface area (Å²) in [7, 11) is 3.29. The van der Waals surface area contributed by atoms with Crippen molar-refractivity contribution in [1.29, 1.82) is 0 Å². The fourth-order valence-corrected chi connectivity index (χ4v) is 2.01. The summed E-state index contributed by atoms with van der Waals surface area (Å²) in [6, 6.07) is 8.38. The molecule has 0 fully saturated rings. The lowest BCUT2D eigenvalue weighted by atomic mass is 10.2. The number of nitrogens with one attached hydrogen (secondary N) is 1. The van der Waals surface area contributed by atoms with Gasteiger partial charge < -0.3 is 14.8 Å². The zero-order valence-electron chi connectivity index (χ0n) is 10.2. The van der Waals surface area contributed by atoms with E-state index in [2.05, 4.69) is 23.7 Å². The minimum atomic E-state index is -0.238. The fraction of sp³-hybridized carbons (Fsp3) is 0.500. The van der Waals surface area contributed by atoms with Gasteiger partial charge in [0.2, 0.25) is 0 Å². The molecule has 1 aromatic rings.